The molecule has 1 aliphatic rings. The highest BCUT2D eigenvalue weighted by molar-refractivity contribution is 6.14. The van der Waals surface area contributed by atoms with Crippen LogP contribution in [0.3, 0.4) is 0 Å². The van der Waals surface area contributed by atoms with E-state index in [1.807, 2.05) is 49.4 Å². The number of hydrogen-bond acceptors (Lipinski definition) is 1. The average Bonchev–Trinajstić information content (AvgIpc) is 2.29. The lowest BCUT2D eigenvalue weighted by atomic mass is 9.83. The summed E-state index contributed by atoms with van der Waals surface area (Å²) in [5.74, 6) is 0.145. The number of rotatable bonds is 0. The number of benzene rings is 2. The first kappa shape index (κ1) is 9.22. The first-order chi connectivity index (χ1) is 7.77. The molecule has 16 heavy (non-hydrogen) atoms. The Bertz CT molecular complexity index is 582. The quantitative estimate of drug-likeness (QED) is 0.517. The summed E-state index contributed by atoms with van der Waals surface area (Å²) in [6, 6.07) is 13.7. The molecule has 0 aliphatic heterocycles. The molecule has 0 N–H and O–H groups in total. The normalized spacial score (nSPS) is 12.7. The van der Waals surface area contributed by atoms with Crippen LogP contribution in [0.5, 0.6) is 0 Å². The third-order valence-electron chi connectivity index (χ3n) is 3.05. The van der Waals surface area contributed by atoms with E-state index >= 15 is 0 Å². The van der Waals surface area contributed by atoms with Gasteiger partial charge < -0.3 is 0 Å². The van der Waals surface area contributed by atoms with Crippen molar-refractivity contribution in [3.05, 3.63) is 76.7 Å². The van der Waals surface area contributed by atoms with Gasteiger partial charge in [0.15, 0.2) is 0 Å². The van der Waals surface area contributed by atoms with Crippen molar-refractivity contribution in [1.82, 2.24) is 0 Å². The summed E-state index contributed by atoms with van der Waals surface area (Å²) in [7, 11) is 0. The summed E-state index contributed by atoms with van der Waals surface area (Å²) in [6.45, 7) is 1.98. The van der Waals surface area contributed by atoms with Crippen LogP contribution in [0.15, 0.2) is 42.5 Å². The molecule has 1 nitrogen and oxygen atoms in total. The molecule has 0 saturated heterocycles. The standard InChI is InChI=1S/C15H11O/c1-10-5-4-7-12-9-11-6-2-3-8-13(11)15(16)14(10)12/h2-9H,1H3/q+1. The Balaban J connectivity index is 2.27. The van der Waals surface area contributed by atoms with Gasteiger partial charge in [0, 0.05) is 18.6 Å². The molecule has 0 unspecified atom stereocenters. The zero-order chi connectivity index (χ0) is 11.1. The predicted octanol–water partition coefficient (Wildman–Crippen LogP) is 3.14. The lowest BCUT2D eigenvalue weighted by Crippen LogP contribution is -2.15. The molecule has 1 aliphatic carbocycles. The fourth-order valence-electron chi connectivity index (χ4n) is 2.25. The molecule has 0 aromatic heterocycles. The molecule has 0 saturated carbocycles. The SMILES string of the molecule is Cc1cccc2c1C(=O)c1ccccc1[CH+]2. The molecule has 0 radical (unpaired) electrons. The summed E-state index contributed by atoms with van der Waals surface area (Å²) in [5, 5.41) is 0. The Morgan fingerprint density at radius 2 is 1.69 bits per heavy atom. The molecule has 0 fully saturated rings. The zero-order valence-electron chi connectivity index (χ0n) is 9.03. The van der Waals surface area contributed by atoms with Gasteiger partial charge in [-0.2, -0.15) is 0 Å². The smallest absolute Gasteiger partial charge is 0.260 e. The molecule has 0 amide bonds. The van der Waals surface area contributed by atoms with Crippen molar-refractivity contribution < 1.29 is 4.79 Å². The lowest BCUT2D eigenvalue weighted by molar-refractivity contribution is 0.103. The number of fused-ring (bicyclic) bond motifs is 2. The zero-order valence-corrected chi connectivity index (χ0v) is 9.03. The van der Waals surface area contributed by atoms with Crippen molar-refractivity contribution in [3.8, 4) is 0 Å². The van der Waals surface area contributed by atoms with E-state index in [9.17, 15) is 4.79 Å². The highest BCUT2D eigenvalue weighted by atomic mass is 16.1. The predicted molar refractivity (Wildman–Crippen MR) is 63.6 cm³/mol. The monoisotopic (exact) mass is 207 g/mol. The van der Waals surface area contributed by atoms with Crippen LogP contribution in [0.4, 0.5) is 0 Å². The Hall–Kier alpha value is -2.02. The fraction of sp³-hybridized carbons (Fsp3) is 0.0667. The summed E-state index contributed by atoms with van der Waals surface area (Å²) < 4.78 is 0. The van der Waals surface area contributed by atoms with Crippen LogP contribution in [-0.2, 0) is 0 Å². The number of ketones is 1. The van der Waals surface area contributed by atoms with Gasteiger partial charge in [0.25, 0.3) is 5.78 Å². The van der Waals surface area contributed by atoms with Crippen LogP contribution < -0.4 is 0 Å². The minimum atomic E-state index is 0.145. The number of carbonyl (C=O) groups excluding carboxylic acids is 1. The highest BCUT2D eigenvalue weighted by Crippen LogP contribution is 2.30. The van der Waals surface area contributed by atoms with Crippen molar-refractivity contribution in [1.29, 1.82) is 0 Å². The largest absolute Gasteiger partial charge is 0.270 e. The molecular weight excluding hydrogens is 196 g/mol. The number of carbonyl (C=O) groups is 1. The van der Waals surface area contributed by atoms with Crippen LogP contribution in [0.2, 0.25) is 0 Å². The molecular formula is C15H11O+. The first-order valence-electron chi connectivity index (χ1n) is 5.35. The molecule has 76 valence electrons. The van der Waals surface area contributed by atoms with E-state index in [1.165, 1.54) is 0 Å². The van der Waals surface area contributed by atoms with E-state index in [0.717, 1.165) is 27.8 Å². The third-order valence-corrected chi connectivity index (χ3v) is 3.05. The van der Waals surface area contributed by atoms with Gasteiger partial charge in [0.2, 0.25) is 0 Å². The van der Waals surface area contributed by atoms with Gasteiger partial charge in [-0.1, -0.05) is 0 Å². The molecule has 1 heteroatoms. The molecule has 0 heterocycles. The van der Waals surface area contributed by atoms with Gasteiger partial charge in [-0.25, -0.2) is 0 Å². The summed E-state index contributed by atoms with van der Waals surface area (Å²) in [6.07, 6.45) is 2.08. The number of hydrogen-bond donors (Lipinski definition) is 0. The van der Waals surface area contributed by atoms with Gasteiger partial charge in [-0.3, -0.25) is 4.79 Å². The van der Waals surface area contributed by atoms with E-state index in [0.29, 0.717) is 0 Å². The van der Waals surface area contributed by atoms with Crippen molar-refractivity contribution >= 4 is 5.78 Å². The molecule has 0 bridgehead atoms. The van der Waals surface area contributed by atoms with Gasteiger partial charge >= 0.3 is 0 Å². The first-order valence-corrected chi connectivity index (χ1v) is 5.35. The molecule has 0 atom stereocenters. The molecule has 3 rings (SSSR count). The minimum absolute atomic E-state index is 0.145. The van der Waals surface area contributed by atoms with Crippen molar-refractivity contribution in [2.45, 2.75) is 6.92 Å². The van der Waals surface area contributed by atoms with Crippen LogP contribution in [0.1, 0.15) is 32.6 Å². The summed E-state index contributed by atoms with van der Waals surface area (Å²) >= 11 is 0. The van der Waals surface area contributed by atoms with Crippen molar-refractivity contribution in [2.75, 3.05) is 0 Å². The van der Waals surface area contributed by atoms with Gasteiger partial charge in [-0.15, -0.1) is 0 Å². The van der Waals surface area contributed by atoms with E-state index in [4.69, 9.17) is 0 Å². The average molecular weight is 207 g/mol. The van der Waals surface area contributed by atoms with Crippen LogP contribution >= 0.6 is 0 Å². The minimum Gasteiger partial charge on any atom is -0.270 e. The topological polar surface area (TPSA) is 17.1 Å². The number of aryl methyl sites for hydroxylation is 1. The molecule has 2 aromatic carbocycles. The Morgan fingerprint density at radius 3 is 2.56 bits per heavy atom. The summed E-state index contributed by atoms with van der Waals surface area (Å²) in [5.41, 5.74) is 4.76. The van der Waals surface area contributed by atoms with Crippen LogP contribution in [0, 0.1) is 13.3 Å². The second-order valence-electron chi connectivity index (χ2n) is 4.10. The molecule has 0 spiro atoms. The van der Waals surface area contributed by atoms with Crippen molar-refractivity contribution in [2.24, 2.45) is 0 Å². The fourth-order valence-corrected chi connectivity index (χ4v) is 2.25. The lowest BCUT2D eigenvalue weighted by Gasteiger charge is -2.12. The Labute approximate surface area is 94.7 Å². The van der Waals surface area contributed by atoms with E-state index in [-0.39, 0.29) is 5.78 Å². The second-order valence-corrected chi connectivity index (χ2v) is 4.10. The van der Waals surface area contributed by atoms with Gasteiger partial charge in [-0.05, 0) is 42.8 Å². The van der Waals surface area contributed by atoms with E-state index in [2.05, 4.69) is 6.42 Å². The van der Waals surface area contributed by atoms with Gasteiger partial charge in [0.05, 0.1) is 11.1 Å². The van der Waals surface area contributed by atoms with E-state index < -0.39 is 0 Å². The Morgan fingerprint density at radius 1 is 0.938 bits per heavy atom. The Kier molecular flexibility index (Phi) is 1.87. The van der Waals surface area contributed by atoms with Crippen molar-refractivity contribution in [3.63, 3.8) is 0 Å². The van der Waals surface area contributed by atoms with Gasteiger partial charge in [0.1, 0.15) is 11.1 Å². The second kappa shape index (κ2) is 3.24. The van der Waals surface area contributed by atoms with Crippen LogP contribution in [-0.4, -0.2) is 5.78 Å². The summed E-state index contributed by atoms with van der Waals surface area (Å²) in [4.78, 5) is 12.3. The van der Waals surface area contributed by atoms with Crippen LogP contribution in [0.25, 0.3) is 0 Å². The third kappa shape index (κ3) is 1.18. The highest BCUT2D eigenvalue weighted by Gasteiger charge is 2.30. The van der Waals surface area contributed by atoms with E-state index in [1.54, 1.807) is 0 Å². The maximum absolute atomic E-state index is 12.3. The maximum Gasteiger partial charge on any atom is 0.260 e. The maximum atomic E-state index is 12.3. The molecule has 2 aromatic rings.